The number of carbonyl (C=O) groups is 1. The minimum absolute atomic E-state index is 0.00747. The lowest BCUT2D eigenvalue weighted by Crippen LogP contribution is -2.51. The predicted molar refractivity (Wildman–Crippen MR) is 110 cm³/mol. The minimum atomic E-state index is -0.219. The van der Waals surface area contributed by atoms with E-state index in [9.17, 15) is 4.79 Å². The Morgan fingerprint density at radius 2 is 2.20 bits per heavy atom. The highest BCUT2D eigenvalue weighted by molar-refractivity contribution is 6.00. The van der Waals surface area contributed by atoms with Gasteiger partial charge in [-0.2, -0.15) is 9.61 Å². The molecule has 4 aromatic heterocycles. The minimum Gasteiger partial charge on any atom is -0.379 e. The summed E-state index contributed by atoms with van der Waals surface area (Å²) < 4.78 is 8.78. The van der Waals surface area contributed by atoms with Crippen molar-refractivity contribution >= 4 is 34.5 Å². The number of aromatic nitrogens is 6. The summed E-state index contributed by atoms with van der Waals surface area (Å²) in [6, 6.07) is 5.60. The fourth-order valence-corrected chi connectivity index (χ4v) is 3.61. The van der Waals surface area contributed by atoms with Crippen LogP contribution in [0.5, 0.6) is 0 Å². The molecular formula is C19H21N9O2. The molecule has 0 unspecified atom stereocenters. The number of hydrogen-bond acceptors (Lipinski definition) is 8. The van der Waals surface area contributed by atoms with Crippen LogP contribution in [-0.4, -0.2) is 61.4 Å². The van der Waals surface area contributed by atoms with E-state index in [1.807, 2.05) is 28.8 Å². The van der Waals surface area contributed by atoms with Gasteiger partial charge < -0.3 is 20.7 Å². The van der Waals surface area contributed by atoms with Gasteiger partial charge in [0, 0.05) is 26.4 Å². The lowest BCUT2D eigenvalue weighted by atomic mass is 9.89. The van der Waals surface area contributed by atoms with E-state index in [0.29, 0.717) is 28.5 Å². The van der Waals surface area contributed by atoms with Crippen LogP contribution in [0.15, 0.2) is 36.9 Å². The Bertz CT molecular complexity index is 1230. The van der Waals surface area contributed by atoms with E-state index in [4.69, 9.17) is 4.74 Å². The van der Waals surface area contributed by atoms with Gasteiger partial charge in [-0.05, 0) is 25.0 Å². The molecule has 11 heteroatoms. The van der Waals surface area contributed by atoms with Gasteiger partial charge in [-0.25, -0.2) is 4.98 Å². The quantitative estimate of drug-likeness (QED) is 0.439. The van der Waals surface area contributed by atoms with Crippen LogP contribution in [0.4, 0.5) is 17.3 Å². The van der Waals surface area contributed by atoms with Crippen LogP contribution in [-0.2, 0) is 4.74 Å². The van der Waals surface area contributed by atoms with Crippen molar-refractivity contribution in [3.63, 3.8) is 0 Å². The average molecular weight is 407 g/mol. The molecule has 0 bridgehead atoms. The number of hydrogen-bond donors (Lipinski definition) is 3. The summed E-state index contributed by atoms with van der Waals surface area (Å²) in [5.74, 6) is 1.02. The Hall–Kier alpha value is -3.73. The van der Waals surface area contributed by atoms with Crippen LogP contribution in [0.25, 0.3) is 11.3 Å². The molecule has 1 saturated carbocycles. The Kier molecular flexibility index (Phi) is 4.43. The number of anilines is 3. The molecule has 4 aromatic rings. The molecule has 0 radical (unpaired) electrons. The fourth-order valence-electron chi connectivity index (χ4n) is 3.61. The number of carbonyl (C=O) groups excluding carboxylic acids is 1. The number of pyridine rings is 1. The van der Waals surface area contributed by atoms with Gasteiger partial charge in [0.1, 0.15) is 23.5 Å². The predicted octanol–water partition coefficient (Wildman–Crippen LogP) is 1.46. The van der Waals surface area contributed by atoms with Crippen LogP contribution >= 0.6 is 0 Å². The highest BCUT2D eigenvalue weighted by atomic mass is 16.5. The van der Waals surface area contributed by atoms with Crippen molar-refractivity contribution in [1.29, 1.82) is 0 Å². The van der Waals surface area contributed by atoms with Crippen molar-refractivity contribution in [1.82, 2.24) is 34.5 Å². The maximum Gasteiger partial charge on any atom is 0.257 e. The highest BCUT2D eigenvalue weighted by Crippen LogP contribution is 2.25. The number of rotatable bonds is 6. The molecule has 4 heterocycles. The average Bonchev–Trinajstić information content (AvgIpc) is 3.38. The second-order valence-electron chi connectivity index (χ2n) is 7.11. The summed E-state index contributed by atoms with van der Waals surface area (Å²) in [5, 5.41) is 21.8. The van der Waals surface area contributed by atoms with Gasteiger partial charge in [0.2, 0.25) is 0 Å². The van der Waals surface area contributed by atoms with E-state index in [1.54, 1.807) is 25.0 Å². The van der Waals surface area contributed by atoms with Gasteiger partial charge in [0.05, 0.1) is 24.0 Å². The number of amides is 1. The second kappa shape index (κ2) is 7.26. The molecule has 0 aliphatic heterocycles. The number of ether oxygens (including phenoxy) is 1. The third kappa shape index (κ3) is 2.99. The Morgan fingerprint density at radius 1 is 1.30 bits per heavy atom. The zero-order chi connectivity index (χ0) is 20.7. The van der Waals surface area contributed by atoms with Gasteiger partial charge in [-0.15, -0.1) is 10.2 Å². The molecule has 0 saturated heterocycles. The maximum atomic E-state index is 12.9. The topological polar surface area (TPSA) is 123 Å². The number of nitrogens with zero attached hydrogens (tertiary/aromatic N) is 6. The van der Waals surface area contributed by atoms with Crippen molar-refractivity contribution in [2.24, 2.45) is 0 Å². The van der Waals surface area contributed by atoms with Crippen LogP contribution in [0.2, 0.25) is 0 Å². The van der Waals surface area contributed by atoms with Crippen molar-refractivity contribution in [2.75, 3.05) is 24.8 Å². The molecule has 1 fully saturated rings. The molecule has 30 heavy (non-hydrogen) atoms. The standard InChI is InChI=1S/C19H21N9O2/c1-20-16-8-15(23-13-4-3-7-27-10-21-26-18(13)27)25-17-11(9-22-28(16)17)19(29)24-12-5-6-14(12)30-2/h3-4,7-10,12,14,20H,5-6H2,1-2H3,(H,23,25)(H,24,29)/t12-,14-/m1/s1. The smallest absolute Gasteiger partial charge is 0.257 e. The first-order valence-electron chi connectivity index (χ1n) is 9.63. The van der Waals surface area contributed by atoms with Gasteiger partial charge >= 0.3 is 0 Å². The van der Waals surface area contributed by atoms with Gasteiger partial charge in [-0.1, -0.05) is 0 Å². The van der Waals surface area contributed by atoms with E-state index < -0.39 is 0 Å². The van der Waals surface area contributed by atoms with Gasteiger partial charge in [-0.3, -0.25) is 9.20 Å². The monoisotopic (exact) mass is 407 g/mol. The molecule has 11 nitrogen and oxygen atoms in total. The van der Waals surface area contributed by atoms with E-state index in [1.165, 1.54) is 6.20 Å². The summed E-state index contributed by atoms with van der Waals surface area (Å²) in [6.07, 6.45) is 6.92. The van der Waals surface area contributed by atoms with Gasteiger partial charge in [0.15, 0.2) is 11.3 Å². The molecule has 2 atom stereocenters. The summed E-state index contributed by atoms with van der Waals surface area (Å²) in [6.45, 7) is 0. The number of fused-ring (bicyclic) bond motifs is 2. The maximum absolute atomic E-state index is 12.9. The number of methoxy groups -OCH3 is 1. The Labute approximate surface area is 171 Å². The molecule has 1 amide bonds. The summed E-state index contributed by atoms with van der Waals surface area (Å²) in [7, 11) is 3.45. The van der Waals surface area contributed by atoms with E-state index >= 15 is 0 Å². The SMILES string of the molecule is CNc1cc(Nc2cccn3cnnc23)nc2c(C(=O)N[C@@H]3CC[C@H]3OC)cnn12. The molecular weight excluding hydrogens is 386 g/mol. The van der Waals surface area contributed by atoms with Crippen molar-refractivity contribution in [3.05, 3.63) is 42.5 Å². The van der Waals surface area contributed by atoms with Crippen molar-refractivity contribution in [2.45, 2.75) is 25.0 Å². The summed E-state index contributed by atoms with van der Waals surface area (Å²) in [4.78, 5) is 17.5. The molecule has 3 N–H and O–H groups in total. The summed E-state index contributed by atoms with van der Waals surface area (Å²) in [5.41, 5.74) is 2.27. The zero-order valence-electron chi connectivity index (χ0n) is 16.5. The molecule has 1 aliphatic rings. The highest BCUT2D eigenvalue weighted by Gasteiger charge is 2.33. The normalized spacial score (nSPS) is 18.3. The third-order valence-electron chi connectivity index (χ3n) is 5.39. The molecule has 0 spiro atoms. The Morgan fingerprint density at radius 3 is 2.97 bits per heavy atom. The molecule has 1 aliphatic carbocycles. The second-order valence-corrected chi connectivity index (χ2v) is 7.11. The first-order valence-corrected chi connectivity index (χ1v) is 9.63. The van der Waals surface area contributed by atoms with Crippen LogP contribution in [0.1, 0.15) is 23.2 Å². The van der Waals surface area contributed by atoms with E-state index in [0.717, 1.165) is 18.5 Å². The number of nitrogens with one attached hydrogen (secondary N) is 3. The van der Waals surface area contributed by atoms with Gasteiger partial charge in [0.25, 0.3) is 5.91 Å². The lowest BCUT2D eigenvalue weighted by Gasteiger charge is -2.35. The zero-order valence-corrected chi connectivity index (χ0v) is 16.5. The lowest BCUT2D eigenvalue weighted by molar-refractivity contribution is 0.00732. The van der Waals surface area contributed by atoms with Crippen LogP contribution < -0.4 is 16.0 Å². The van der Waals surface area contributed by atoms with Crippen LogP contribution in [0, 0.1) is 0 Å². The molecule has 0 aromatic carbocycles. The Balaban J connectivity index is 1.50. The van der Waals surface area contributed by atoms with Crippen molar-refractivity contribution in [3.8, 4) is 0 Å². The van der Waals surface area contributed by atoms with E-state index in [-0.39, 0.29) is 18.1 Å². The molecule has 5 rings (SSSR count). The third-order valence-corrected chi connectivity index (χ3v) is 5.39. The van der Waals surface area contributed by atoms with E-state index in [2.05, 4.69) is 36.2 Å². The largest absolute Gasteiger partial charge is 0.379 e. The first-order chi connectivity index (χ1) is 14.7. The van der Waals surface area contributed by atoms with Crippen molar-refractivity contribution < 1.29 is 9.53 Å². The molecule has 154 valence electrons. The van der Waals surface area contributed by atoms with Crippen LogP contribution in [0.3, 0.4) is 0 Å². The first kappa shape index (κ1) is 18.3. The fraction of sp³-hybridized carbons (Fsp3) is 0.316. The summed E-state index contributed by atoms with van der Waals surface area (Å²) >= 11 is 0.